The molecule has 6 heteroatoms. The van der Waals surface area contributed by atoms with Crippen LogP contribution in [0.15, 0.2) is 47.4 Å². The van der Waals surface area contributed by atoms with Gasteiger partial charge in [-0.1, -0.05) is 6.07 Å². The number of amides is 1. The van der Waals surface area contributed by atoms with Crippen molar-refractivity contribution in [2.24, 2.45) is 0 Å². The summed E-state index contributed by atoms with van der Waals surface area (Å²) in [6.45, 7) is 1.65. The van der Waals surface area contributed by atoms with E-state index in [9.17, 15) is 13.6 Å². The van der Waals surface area contributed by atoms with Crippen LogP contribution in [0, 0.1) is 11.6 Å². The highest BCUT2D eigenvalue weighted by Gasteiger charge is 2.17. The van der Waals surface area contributed by atoms with Crippen molar-refractivity contribution in [2.75, 3.05) is 11.1 Å². The highest BCUT2D eigenvalue weighted by molar-refractivity contribution is 8.00. The maximum atomic E-state index is 13.5. The van der Waals surface area contributed by atoms with Gasteiger partial charge >= 0.3 is 0 Å². The van der Waals surface area contributed by atoms with Gasteiger partial charge in [0, 0.05) is 22.3 Å². The van der Waals surface area contributed by atoms with E-state index in [0.29, 0.717) is 11.4 Å². The molecule has 2 aromatic rings. The highest BCUT2D eigenvalue weighted by Crippen LogP contribution is 2.27. The third kappa shape index (κ3) is 4.19. The lowest BCUT2D eigenvalue weighted by atomic mass is 10.3. The summed E-state index contributed by atoms with van der Waals surface area (Å²) in [6.07, 6.45) is 0. The first kappa shape index (κ1) is 15.3. The van der Waals surface area contributed by atoms with E-state index in [1.54, 1.807) is 31.2 Å². The largest absolute Gasteiger partial charge is 0.399 e. The Bertz CT molecular complexity index is 664. The van der Waals surface area contributed by atoms with E-state index in [1.165, 1.54) is 6.07 Å². The lowest BCUT2D eigenvalue weighted by molar-refractivity contribution is -0.115. The van der Waals surface area contributed by atoms with Crippen LogP contribution in [0.5, 0.6) is 0 Å². The van der Waals surface area contributed by atoms with Crippen LogP contribution in [0.2, 0.25) is 0 Å². The molecule has 2 aromatic carbocycles. The second-order valence-electron chi connectivity index (χ2n) is 4.45. The van der Waals surface area contributed by atoms with Crippen LogP contribution in [-0.4, -0.2) is 11.2 Å². The first-order valence-electron chi connectivity index (χ1n) is 6.24. The number of nitrogen functional groups attached to an aromatic ring is 1. The Morgan fingerprint density at radius 2 is 2.00 bits per heavy atom. The zero-order valence-corrected chi connectivity index (χ0v) is 12.1. The minimum Gasteiger partial charge on any atom is -0.399 e. The van der Waals surface area contributed by atoms with Crippen molar-refractivity contribution < 1.29 is 13.6 Å². The van der Waals surface area contributed by atoms with Crippen LogP contribution in [0.3, 0.4) is 0 Å². The topological polar surface area (TPSA) is 55.1 Å². The molecular weight excluding hydrogens is 294 g/mol. The van der Waals surface area contributed by atoms with Crippen LogP contribution < -0.4 is 11.1 Å². The van der Waals surface area contributed by atoms with Crippen LogP contribution in [0.4, 0.5) is 20.2 Å². The van der Waals surface area contributed by atoms with Crippen LogP contribution in [-0.2, 0) is 4.79 Å². The van der Waals surface area contributed by atoms with E-state index >= 15 is 0 Å². The lowest BCUT2D eigenvalue weighted by Gasteiger charge is -2.12. The zero-order chi connectivity index (χ0) is 15.4. The fourth-order valence-electron chi connectivity index (χ4n) is 1.68. The number of nitrogens with one attached hydrogen (secondary N) is 1. The number of carbonyl (C=O) groups excluding carboxylic acids is 1. The maximum Gasteiger partial charge on any atom is 0.237 e. The molecule has 1 unspecified atom stereocenters. The number of nitrogens with two attached hydrogens (primary N) is 1. The number of hydrogen-bond donors (Lipinski definition) is 2. The molecule has 0 radical (unpaired) electrons. The number of thioether (sulfide) groups is 1. The lowest BCUT2D eigenvalue weighted by Crippen LogP contribution is -2.22. The third-order valence-electron chi connectivity index (χ3n) is 2.72. The Morgan fingerprint density at radius 3 is 2.67 bits per heavy atom. The molecule has 3 N–H and O–H groups in total. The molecule has 1 atom stereocenters. The van der Waals surface area contributed by atoms with E-state index < -0.39 is 16.9 Å². The summed E-state index contributed by atoms with van der Waals surface area (Å²) in [6, 6.07) is 10.1. The third-order valence-corrected chi connectivity index (χ3v) is 3.87. The molecule has 0 fully saturated rings. The van der Waals surface area contributed by atoms with Gasteiger partial charge < -0.3 is 11.1 Å². The molecule has 0 aliphatic rings. The molecule has 0 bridgehead atoms. The quantitative estimate of drug-likeness (QED) is 0.669. The van der Waals surface area contributed by atoms with Gasteiger partial charge in [0.2, 0.25) is 5.91 Å². The van der Waals surface area contributed by atoms with E-state index in [1.807, 2.05) is 0 Å². The molecule has 0 saturated carbocycles. The van der Waals surface area contributed by atoms with Gasteiger partial charge in [0.25, 0.3) is 0 Å². The summed E-state index contributed by atoms with van der Waals surface area (Å²) in [5.74, 6) is -1.60. The van der Waals surface area contributed by atoms with Crippen molar-refractivity contribution in [3.8, 4) is 0 Å². The zero-order valence-electron chi connectivity index (χ0n) is 11.3. The number of hydrogen-bond acceptors (Lipinski definition) is 3. The molecule has 0 aliphatic carbocycles. The highest BCUT2D eigenvalue weighted by atomic mass is 32.2. The van der Waals surface area contributed by atoms with Crippen molar-refractivity contribution in [3.05, 3.63) is 54.1 Å². The molecule has 0 heterocycles. The van der Waals surface area contributed by atoms with E-state index in [4.69, 9.17) is 5.73 Å². The van der Waals surface area contributed by atoms with Gasteiger partial charge in [-0.3, -0.25) is 4.79 Å². The van der Waals surface area contributed by atoms with E-state index in [-0.39, 0.29) is 10.8 Å². The standard InChI is InChI=1S/C15H14F2N2OS/c1-9(21-14-6-5-10(16)7-13(14)17)15(20)19-12-4-2-3-11(18)8-12/h2-9H,18H2,1H3,(H,19,20). The number of benzene rings is 2. The van der Waals surface area contributed by atoms with Crippen molar-refractivity contribution in [1.82, 2.24) is 0 Å². The van der Waals surface area contributed by atoms with Gasteiger partial charge in [-0.25, -0.2) is 8.78 Å². The van der Waals surface area contributed by atoms with Crippen LogP contribution in [0.25, 0.3) is 0 Å². The predicted octanol–water partition coefficient (Wildman–Crippen LogP) is 3.67. The number of anilines is 2. The SMILES string of the molecule is CC(Sc1ccc(F)cc1F)C(=O)Nc1cccc(N)c1. The molecule has 2 rings (SSSR count). The number of halogens is 2. The normalized spacial score (nSPS) is 12.0. The van der Waals surface area contributed by atoms with E-state index in [2.05, 4.69) is 5.32 Å². The Morgan fingerprint density at radius 1 is 1.24 bits per heavy atom. The van der Waals surface area contributed by atoms with Crippen molar-refractivity contribution in [3.63, 3.8) is 0 Å². The monoisotopic (exact) mass is 308 g/mol. The summed E-state index contributed by atoms with van der Waals surface area (Å²) in [5.41, 5.74) is 6.74. The van der Waals surface area contributed by atoms with Gasteiger partial charge in [-0.15, -0.1) is 11.8 Å². The summed E-state index contributed by atoms with van der Waals surface area (Å²) >= 11 is 1.03. The van der Waals surface area contributed by atoms with E-state index in [0.717, 1.165) is 23.9 Å². The van der Waals surface area contributed by atoms with Gasteiger partial charge in [0.05, 0.1) is 5.25 Å². The molecule has 0 aromatic heterocycles. The Hall–Kier alpha value is -2.08. The minimum absolute atomic E-state index is 0.228. The van der Waals surface area contributed by atoms with Crippen molar-refractivity contribution in [2.45, 2.75) is 17.1 Å². The van der Waals surface area contributed by atoms with Gasteiger partial charge in [-0.2, -0.15) is 0 Å². The molecule has 0 saturated heterocycles. The molecular formula is C15H14F2N2OS. The first-order valence-corrected chi connectivity index (χ1v) is 7.12. The number of rotatable bonds is 4. The summed E-state index contributed by atoms with van der Waals surface area (Å²) in [4.78, 5) is 12.3. The fourth-order valence-corrected chi connectivity index (χ4v) is 2.54. The molecule has 1 amide bonds. The van der Waals surface area contributed by atoms with Crippen molar-refractivity contribution >= 4 is 29.0 Å². The Balaban J connectivity index is 2.02. The minimum atomic E-state index is -0.677. The molecule has 0 aliphatic heterocycles. The summed E-state index contributed by atoms with van der Waals surface area (Å²) < 4.78 is 26.4. The molecule has 3 nitrogen and oxygen atoms in total. The van der Waals surface area contributed by atoms with Gasteiger partial charge in [0.1, 0.15) is 11.6 Å². The van der Waals surface area contributed by atoms with Crippen molar-refractivity contribution in [1.29, 1.82) is 0 Å². The Labute approximate surface area is 125 Å². The predicted molar refractivity (Wildman–Crippen MR) is 81.2 cm³/mol. The first-order chi connectivity index (χ1) is 9.95. The van der Waals surface area contributed by atoms with Gasteiger partial charge in [0.15, 0.2) is 0 Å². The van der Waals surface area contributed by atoms with Crippen LogP contribution in [0.1, 0.15) is 6.92 Å². The molecule has 110 valence electrons. The second-order valence-corrected chi connectivity index (χ2v) is 5.83. The fraction of sp³-hybridized carbons (Fsp3) is 0.133. The number of carbonyl (C=O) groups is 1. The smallest absolute Gasteiger partial charge is 0.237 e. The average molecular weight is 308 g/mol. The molecule has 0 spiro atoms. The molecule has 21 heavy (non-hydrogen) atoms. The second kappa shape index (κ2) is 6.58. The van der Waals surface area contributed by atoms with Crippen LogP contribution >= 0.6 is 11.8 Å². The Kier molecular flexibility index (Phi) is 4.80. The maximum absolute atomic E-state index is 13.5. The van der Waals surface area contributed by atoms with Gasteiger partial charge in [-0.05, 0) is 37.3 Å². The average Bonchev–Trinajstić information content (AvgIpc) is 2.41. The summed E-state index contributed by atoms with van der Waals surface area (Å²) in [5, 5.41) is 2.16. The summed E-state index contributed by atoms with van der Waals surface area (Å²) in [7, 11) is 0.